The van der Waals surface area contributed by atoms with Gasteiger partial charge < -0.3 is 9.64 Å². The van der Waals surface area contributed by atoms with Gasteiger partial charge in [-0.15, -0.1) is 0 Å². The van der Waals surface area contributed by atoms with E-state index in [0.717, 1.165) is 55.6 Å². The molecule has 0 spiro atoms. The van der Waals surface area contributed by atoms with Crippen LogP contribution in [0.1, 0.15) is 36.2 Å². The molecule has 0 radical (unpaired) electrons. The molecule has 9 heteroatoms. The average Bonchev–Trinajstić information content (AvgIpc) is 3.53. The predicted molar refractivity (Wildman–Crippen MR) is 119 cm³/mol. The number of rotatable bonds is 5. The lowest BCUT2D eigenvalue weighted by molar-refractivity contribution is 0.0913. The summed E-state index contributed by atoms with van der Waals surface area (Å²) in [5.41, 5.74) is 1.08. The van der Waals surface area contributed by atoms with Crippen molar-refractivity contribution in [1.29, 1.82) is 0 Å². The standard InChI is InChI=1S/C21H22ClN5O2S/c22-15-12-23-20(26-9-3-4-10-26)25-18(15)19(28)27(13-14-6-5-11-29-14)21-24-16-7-1-2-8-17(16)30-21/h1-2,7-8,12,14H,3-6,9-11,13H2. The van der Waals surface area contributed by atoms with Crippen molar-refractivity contribution in [2.24, 2.45) is 0 Å². The van der Waals surface area contributed by atoms with Crippen molar-refractivity contribution in [2.75, 3.05) is 36.0 Å². The SMILES string of the molecule is O=C(c1nc(N2CCCC2)ncc1Cl)N(CC1CCCO1)c1nc2ccccc2s1. The van der Waals surface area contributed by atoms with E-state index in [9.17, 15) is 4.79 Å². The zero-order valence-corrected chi connectivity index (χ0v) is 18.0. The second-order valence-electron chi connectivity index (χ2n) is 7.58. The average molecular weight is 444 g/mol. The molecule has 7 nitrogen and oxygen atoms in total. The molecule has 2 fully saturated rings. The highest BCUT2D eigenvalue weighted by atomic mass is 35.5. The monoisotopic (exact) mass is 443 g/mol. The summed E-state index contributed by atoms with van der Waals surface area (Å²) in [4.78, 5) is 31.0. The summed E-state index contributed by atoms with van der Waals surface area (Å²) in [5.74, 6) is 0.291. The van der Waals surface area contributed by atoms with Gasteiger partial charge in [-0.1, -0.05) is 35.1 Å². The van der Waals surface area contributed by atoms with Crippen molar-refractivity contribution in [2.45, 2.75) is 31.8 Å². The number of anilines is 2. The number of hydrogen-bond acceptors (Lipinski definition) is 7. The molecular weight excluding hydrogens is 422 g/mol. The summed E-state index contributed by atoms with van der Waals surface area (Å²) in [6.45, 7) is 2.94. The largest absolute Gasteiger partial charge is 0.376 e. The van der Waals surface area contributed by atoms with Gasteiger partial charge in [0.05, 0.1) is 34.1 Å². The minimum Gasteiger partial charge on any atom is -0.376 e. The van der Waals surface area contributed by atoms with Crippen LogP contribution >= 0.6 is 22.9 Å². The number of ether oxygens (including phenoxy) is 1. The van der Waals surface area contributed by atoms with Gasteiger partial charge in [-0.25, -0.2) is 15.0 Å². The summed E-state index contributed by atoms with van der Waals surface area (Å²) in [7, 11) is 0. The maximum absolute atomic E-state index is 13.6. The second kappa shape index (κ2) is 8.45. The van der Waals surface area contributed by atoms with Crippen LogP contribution in [0, 0.1) is 0 Å². The van der Waals surface area contributed by atoms with E-state index in [1.165, 1.54) is 17.5 Å². The van der Waals surface area contributed by atoms with Gasteiger partial charge in [-0.2, -0.15) is 0 Å². The molecule has 2 aliphatic heterocycles. The number of thiazole rings is 1. The Balaban J connectivity index is 1.51. The Hall–Kier alpha value is -2.29. The van der Waals surface area contributed by atoms with Crippen LogP contribution in [0.2, 0.25) is 5.02 Å². The molecule has 156 valence electrons. The third kappa shape index (κ3) is 3.87. The third-order valence-electron chi connectivity index (χ3n) is 5.49. The number of fused-ring (bicyclic) bond motifs is 1. The molecule has 2 aliphatic rings. The van der Waals surface area contributed by atoms with Crippen molar-refractivity contribution >= 4 is 50.1 Å². The highest BCUT2D eigenvalue weighted by Gasteiger charge is 2.30. The van der Waals surface area contributed by atoms with Crippen LogP contribution in [0.4, 0.5) is 11.1 Å². The first-order chi connectivity index (χ1) is 14.7. The van der Waals surface area contributed by atoms with Crippen molar-refractivity contribution in [3.8, 4) is 0 Å². The molecule has 0 saturated carbocycles. The molecule has 1 atom stereocenters. The van der Waals surface area contributed by atoms with Gasteiger partial charge in [0.1, 0.15) is 0 Å². The summed E-state index contributed by atoms with van der Waals surface area (Å²) < 4.78 is 6.84. The van der Waals surface area contributed by atoms with E-state index in [1.54, 1.807) is 4.90 Å². The Morgan fingerprint density at radius 2 is 2.07 bits per heavy atom. The molecule has 5 rings (SSSR count). The number of benzene rings is 1. The molecule has 0 bridgehead atoms. The van der Waals surface area contributed by atoms with Crippen molar-refractivity contribution < 1.29 is 9.53 Å². The first kappa shape index (κ1) is 19.7. The Kier molecular flexibility index (Phi) is 5.54. The van der Waals surface area contributed by atoms with Crippen LogP contribution in [-0.4, -0.2) is 53.2 Å². The number of carbonyl (C=O) groups excluding carboxylic acids is 1. The van der Waals surface area contributed by atoms with Crippen molar-refractivity contribution in [1.82, 2.24) is 15.0 Å². The number of para-hydroxylation sites is 1. The van der Waals surface area contributed by atoms with Crippen LogP contribution in [0.5, 0.6) is 0 Å². The van der Waals surface area contributed by atoms with Gasteiger partial charge in [0, 0.05) is 19.7 Å². The molecule has 0 N–H and O–H groups in total. The van der Waals surface area contributed by atoms with Crippen molar-refractivity contribution in [3.63, 3.8) is 0 Å². The van der Waals surface area contributed by atoms with E-state index >= 15 is 0 Å². The number of nitrogens with zero attached hydrogens (tertiary/aromatic N) is 5. The molecular formula is C21H22ClN5O2S. The maximum Gasteiger partial charge on any atom is 0.280 e. The molecule has 1 aromatic carbocycles. The molecule has 30 heavy (non-hydrogen) atoms. The maximum atomic E-state index is 13.6. The molecule has 4 heterocycles. The summed E-state index contributed by atoms with van der Waals surface area (Å²) in [6.07, 6.45) is 5.64. The van der Waals surface area contributed by atoms with Crippen LogP contribution < -0.4 is 9.80 Å². The van der Waals surface area contributed by atoms with E-state index in [4.69, 9.17) is 21.3 Å². The Labute approximate surface area is 183 Å². The van der Waals surface area contributed by atoms with Crippen LogP contribution in [0.25, 0.3) is 10.2 Å². The Bertz CT molecular complexity index is 1030. The smallest absolute Gasteiger partial charge is 0.280 e. The second-order valence-corrected chi connectivity index (χ2v) is 8.99. The van der Waals surface area contributed by atoms with Gasteiger partial charge in [0.25, 0.3) is 5.91 Å². The highest BCUT2D eigenvalue weighted by Crippen LogP contribution is 2.31. The summed E-state index contributed by atoms with van der Waals surface area (Å²) >= 11 is 7.87. The lowest BCUT2D eigenvalue weighted by Gasteiger charge is -2.23. The van der Waals surface area contributed by atoms with E-state index in [-0.39, 0.29) is 22.7 Å². The van der Waals surface area contributed by atoms with Crippen LogP contribution in [-0.2, 0) is 4.74 Å². The molecule has 0 aliphatic carbocycles. The minimum atomic E-state index is -0.266. The normalized spacial score (nSPS) is 19.0. The number of aromatic nitrogens is 3. The fourth-order valence-corrected chi connectivity index (χ4v) is 5.07. The molecule has 1 amide bonds. The quantitative estimate of drug-likeness (QED) is 0.589. The minimum absolute atomic E-state index is 0.0142. The zero-order chi connectivity index (χ0) is 20.5. The van der Waals surface area contributed by atoms with Gasteiger partial charge in [0.2, 0.25) is 5.95 Å². The van der Waals surface area contributed by atoms with Gasteiger partial charge in [0.15, 0.2) is 10.8 Å². The zero-order valence-electron chi connectivity index (χ0n) is 16.5. The van der Waals surface area contributed by atoms with E-state index in [0.29, 0.717) is 17.6 Å². The van der Waals surface area contributed by atoms with E-state index in [1.807, 2.05) is 24.3 Å². The molecule has 3 aromatic rings. The lowest BCUT2D eigenvalue weighted by Crippen LogP contribution is -2.38. The summed E-state index contributed by atoms with van der Waals surface area (Å²) in [5, 5.41) is 0.885. The van der Waals surface area contributed by atoms with Crippen LogP contribution in [0.15, 0.2) is 30.5 Å². The first-order valence-corrected chi connectivity index (χ1v) is 11.4. The number of amides is 1. The molecule has 2 saturated heterocycles. The fourth-order valence-electron chi connectivity index (χ4n) is 3.92. The molecule has 1 unspecified atom stereocenters. The first-order valence-electron chi connectivity index (χ1n) is 10.3. The fraction of sp³-hybridized carbons (Fsp3) is 0.429. The van der Waals surface area contributed by atoms with Gasteiger partial charge in [-0.05, 0) is 37.8 Å². The number of carbonyl (C=O) groups is 1. The predicted octanol–water partition coefficient (Wildman–Crippen LogP) is 4.17. The van der Waals surface area contributed by atoms with Crippen molar-refractivity contribution in [3.05, 3.63) is 41.2 Å². The Morgan fingerprint density at radius 3 is 2.83 bits per heavy atom. The number of halogens is 1. The van der Waals surface area contributed by atoms with Gasteiger partial charge >= 0.3 is 0 Å². The van der Waals surface area contributed by atoms with Gasteiger partial charge in [-0.3, -0.25) is 9.69 Å². The van der Waals surface area contributed by atoms with Crippen LogP contribution in [0.3, 0.4) is 0 Å². The highest BCUT2D eigenvalue weighted by molar-refractivity contribution is 7.22. The van der Waals surface area contributed by atoms with E-state index in [2.05, 4.69) is 14.9 Å². The summed E-state index contributed by atoms with van der Waals surface area (Å²) in [6, 6.07) is 7.88. The number of hydrogen-bond donors (Lipinski definition) is 0. The van der Waals surface area contributed by atoms with E-state index < -0.39 is 0 Å². The topological polar surface area (TPSA) is 71.5 Å². The third-order valence-corrected chi connectivity index (χ3v) is 6.83. The Morgan fingerprint density at radius 1 is 1.23 bits per heavy atom. The lowest BCUT2D eigenvalue weighted by atomic mass is 10.2. The molecule has 2 aromatic heterocycles.